The van der Waals surface area contributed by atoms with Crippen LogP contribution in [0.1, 0.15) is 51.1 Å². The summed E-state index contributed by atoms with van der Waals surface area (Å²) in [4.78, 5) is 24.7. The van der Waals surface area contributed by atoms with Gasteiger partial charge in [0, 0.05) is 12.8 Å². The topological polar surface area (TPSA) is 132 Å². The highest BCUT2D eigenvalue weighted by molar-refractivity contribution is 7.86. The molecule has 1 N–H and O–H groups in total. The van der Waals surface area contributed by atoms with Gasteiger partial charge in [0.15, 0.2) is 0 Å². The van der Waals surface area contributed by atoms with Crippen LogP contribution < -0.4 is 0 Å². The van der Waals surface area contributed by atoms with E-state index in [2.05, 4.69) is 29.9 Å². The molecule has 2 aromatic carbocycles. The quantitative estimate of drug-likeness (QED) is 0.306. The molecule has 9 nitrogen and oxygen atoms in total. The highest BCUT2D eigenvalue weighted by atomic mass is 32.2. The smallest absolute Gasteiger partial charge is 0.282 e. The highest BCUT2D eigenvalue weighted by Gasteiger charge is 2.16. The minimum atomic E-state index is -4.44. The fraction of sp³-hybridized carbons (Fsp3) is 0.200. The van der Waals surface area contributed by atoms with E-state index < -0.39 is 10.1 Å². The Bertz CT molecular complexity index is 1520. The summed E-state index contributed by atoms with van der Waals surface area (Å²) in [5, 5.41) is 0. The number of nitrogens with zero attached hydrogens (tertiary/aromatic N) is 6. The average Bonchev–Trinajstić information content (AvgIpc) is 2.78. The molecule has 0 atom stereocenters. The van der Waals surface area contributed by atoms with Crippen molar-refractivity contribution in [2.24, 2.45) is 0 Å². The predicted molar refractivity (Wildman–Crippen MR) is 131 cm³/mol. The van der Waals surface area contributed by atoms with Gasteiger partial charge in [-0.25, -0.2) is 29.9 Å². The van der Waals surface area contributed by atoms with Gasteiger partial charge < -0.3 is 0 Å². The van der Waals surface area contributed by atoms with Gasteiger partial charge in [0.1, 0.15) is 40.8 Å². The lowest BCUT2D eigenvalue weighted by Crippen LogP contribution is -2.04. The highest BCUT2D eigenvalue weighted by Crippen LogP contribution is 2.23. The predicted octanol–water partition coefficient (Wildman–Crippen LogP) is 3.58. The summed E-state index contributed by atoms with van der Waals surface area (Å²) in [5.74, 6) is 2.47. The van der Waals surface area contributed by atoms with Crippen LogP contribution in [0.15, 0.2) is 53.9 Å². The van der Waals surface area contributed by atoms with E-state index in [1.807, 2.05) is 38.1 Å². The third-order valence-electron chi connectivity index (χ3n) is 5.34. The summed E-state index contributed by atoms with van der Waals surface area (Å²) in [6, 6.07) is 10.9. The molecule has 0 aliphatic heterocycles. The van der Waals surface area contributed by atoms with Crippen LogP contribution in [-0.2, 0) is 23.0 Å². The van der Waals surface area contributed by atoms with Crippen LogP contribution in [0.4, 0.5) is 0 Å². The number of hydrogen-bond donors (Lipinski definition) is 1. The fourth-order valence-corrected chi connectivity index (χ4v) is 4.38. The lowest BCUT2D eigenvalue weighted by Gasteiger charge is -2.08. The summed E-state index contributed by atoms with van der Waals surface area (Å²) in [6.45, 7) is 5.56. The number of aryl methyl sites for hydroxylation is 3. The van der Waals surface area contributed by atoms with E-state index in [-0.39, 0.29) is 4.90 Å². The maximum atomic E-state index is 12.1. The number of hydrogen-bond acceptors (Lipinski definition) is 8. The number of aromatic nitrogens is 6. The molecular formula is C25H24N6O3S. The van der Waals surface area contributed by atoms with Crippen molar-refractivity contribution >= 4 is 22.3 Å². The van der Waals surface area contributed by atoms with E-state index >= 15 is 0 Å². The molecule has 178 valence electrons. The Morgan fingerprint density at radius 1 is 0.743 bits per heavy atom. The zero-order valence-electron chi connectivity index (χ0n) is 19.5. The minimum absolute atomic E-state index is 0.170. The van der Waals surface area contributed by atoms with E-state index in [1.165, 1.54) is 18.7 Å². The summed E-state index contributed by atoms with van der Waals surface area (Å²) in [6.07, 6.45) is 7.32. The van der Waals surface area contributed by atoms with Crippen LogP contribution in [0.25, 0.3) is 12.2 Å². The van der Waals surface area contributed by atoms with Crippen molar-refractivity contribution in [2.45, 2.75) is 38.5 Å². The molecular weight excluding hydrogens is 464 g/mol. The molecule has 0 radical (unpaired) electrons. The zero-order valence-corrected chi connectivity index (χ0v) is 20.4. The van der Waals surface area contributed by atoms with Crippen LogP contribution in [-0.4, -0.2) is 42.9 Å². The molecule has 35 heavy (non-hydrogen) atoms. The largest absolute Gasteiger partial charge is 0.295 e. The first-order chi connectivity index (χ1) is 16.7. The van der Waals surface area contributed by atoms with E-state index in [9.17, 15) is 13.0 Å². The first kappa shape index (κ1) is 24.2. The van der Waals surface area contributed by atoms with Crippen molar-refractivity contribution in [3.8, 4) is 0 Å². The molecule has 0 amide bonds. The van der Waals surface area contributed by atoms with Gasteiger partial charge in [0.2, 0.25) is 0 Å². The molecule has 0 aliphatic carbocycles. The van der Waals surface area contributed by atoms with Crippen LogP contribution in [0.2, 0.25) is 0 Å². The normalized spacial score (nSPS) is 11.8. The summed E-state index contributed by atoms with van der Waals surface area (Å²) in [5.41, 5.74) is 4.04. The van der Waals surface area contributed by atoms with E-state index in [0.29, 0.717) is 47.3 Å². The van der Waals surface area contributed by atoms with Crippen molar-refractivity contribution in [2.75, 3.05) is 0 Å². The first-order valence-electron chi connectivity index (χ1n) is 10.8. The van der Waals surface area contributed by atoms with E-state index in [0.717, 1.165) is 16.7 Å². The van der Waals surface area contributed by atoms with Crippen molar-refractivity contribution in [3.05, 3.63) is 100 Å². The van der Waals surface area contributed by atoms with Gasteiger partial charge in [-0.05, 0) is 54.7 Å². The molecule has 0 saturated carbocycles. The Morgan fingerprint density at radius 3 is 1.77 bits per heavy atom. The second kappa shape index (κ2) is 10.2. The minimum Gasteiger partial charge on any atom is -0.282 e. The zero-order chi connectivity index (χ0) is 25.0. The SMILES string of the molecule is Cc1ncnc(Cc2ccc(/C=C/c3ccc(Cc4ncnc(C)n4)cc3S(=O)(=O)O)c(C)c2)n1. The van der Waals surface area contributed by atoms with Crippen molar-refractivity contribution in [3.63, 3.8) is 0 Å². The maximum Gasteiger partial charge on any atom is 0.295 e. The van der Waals surface area contributed by atoms with Gasteiger partial charge in [0.05, 0.1) is 0 Å². The van der Waals surface area contributed by atoms with Gasteiger partial charge in [-0.1, -0.05) is 42.5 Å². The molecule has 0 spiro atoms. The van der Waals surface area contributed by atoms with Crippen LogP contribution in [0, 0.1) is 20.8 Å². The monoisotopic (exact) mass is 488 g/mol. The Morgan fingerprint density at radius 2 is 1.26 bits per heavy atom. The van der Waals surface area contributed by atoms with Crippen molar-refractivity contribution < 1.29 is 13.0 Å². The van der Waals surface area contributed by atoms with Gasteiger partial charge in [-0.15, -0.1) is 0 Å². The molecule has 0 saturated heterocycles. The molecule has 0 bridgehead atoms. The molecule has 0 aliphatic rings. The third-order valence-corrected chi connectivity index (χ3v) is 6.25. The Balaban J connectivity index is 1.58. The Hall–Kier alpha value is -3.89. The van der Waals surface area contributed by atoms with Crippen LogP contribution in [0.5, 0.6) is 0 Å². The molecule has 10 heteroatoms. The van der Waals surface area contributed by atoms with Crippen molar-refractivity contribution in [1.82, 2.24) is 29.9 Å². The molecule has 2 heterocycles. The maximum absolute atomic E-state index is 12.1. The van der Waals surface area contributed by atoms with Gasteiger partial charge in [0.25, 0.3) is 10.1 Å². The average molecular weight is 489 g/mol. The van der Waals surface area contributed by atoms with Crippen LogP contribution in [0.3, 0.4) is 0 Å². The second-order valence-corrected chi connectivity index (χ2v) is 9.51. The Kier molecular flexibility index (Phi) is 7.04. The van der Waals surface area contributed by atoms with Crippen molar-refractivity contribution in [1.29, 1.82) is 0 Å². The lowest BCUT2D eigenvalue weighted by atomic mass is 10.0. The van der Waals surface area contributed by atoms with Gasteiger partial charge >= 0.3 is 0 Å². The van der Waals surface area contributed by atoms with Gasteiger partial charge in [-0.3, -0.25) is 4.55 Å². The number of rotatable bonds is 7. The standard InChI is InChI=1S/C25H24N6O3S/c1-16-10-19(12-24-28-14-26-17(2)30-24)4-6-21(16)8-9-22-7-5-20(11-23(22)35(32,33)34)13-25-29-15-27-18(3)31-25/h4-11,14-15H,12-13H2,1-3H3,(H,32,33,34)/b9-8+. The van der Waals surface area contributed by atoms with E-state index in [1.54, 1.807) is 25.1 Å². The lowest BCUT2D eigenvalue weighted by molar-refractivity contribution is 0.483. The summed E-state index contributed by atoms with van der Waals surface area (Å²) >= 11 is 0. The summed E-state index contributed by atoms with van der Waals surface area (Å²) < 4.78 is 34.0. The molecule has 0 fully saturated rings. The number of benzene rings is 2. The molecule has 4 aromatic rings. The van der Waals surface area contributed by atoms with Gasteiger partial charge in [-0.2, -0.15) is 8.42 Å². The fourth-order valence-electron chi connectivity index (χ4n) is 3.65. The second-order valence-electron chi connectivity index (χ2n) is 8.12. The molecule has 0 unspecified atom stereocenters. The molecule has 4 rings (SSSR count). The third kappa shape index (κ3) is 6.37. The van der Waals surface area contributed by atoms with Crippen LogP contribution >= 0.6 is 0 Å². The first-order valence-corrected chi connectivity index (χ1v) is 12.3. The summed E-state index contributed by atoms with van der Waals surface area (Å²) in [7, 11) is -4.44. The molecule has 2 aromatic heterocycles. The Labute approximate surface area is 203 Å². The van der Waals surface area contributed by atoms with E-state index in [4.69, 9.17) is 0 Å².